The fourth-order valence-electron chi connectivity index (χ4n) is 2.60. The molecule has 1 atom stereocenters. The van der Waals surface area contributed by atoms with Crippen LogP contribution in [0.2, 0.25) is 5.02 Å². The SMILES string of the molecule is CC1(O)CN(c2ccc(Cl)cc2)C(c2ccc(S(C)(=O)=O)cc2)=N1. The number of anilines is 1. The number of sulfone groups is 1. The fraction of sp³-hybridized carbons (Fsp3) is 0.235. The number of rotatable bonds is 3. The summed E-state index contributed by atoms with van der Waals surface area (Å²) in [5.41, 5.74) is 0.364. The van der Waals surface area contributed by atoms with Gasteiger partial charge >= 0.3 is 0 Å². The molecule has 0 fully saturated rings. The van der Waals surface area contributed by atoms with E-state index in [0.717, 1.165) is 11.3 Å². The molecule has 126 valence electrons. The predicted molar refractivity (Wildman–Crippen MR) is 95.5 cm³/mol. The van der Waals surface area contributed by atoms with Crippen molar-refractivity contribution in [3.8, 4) is 0 Å². The maximum Gasteiger partial charge on any atom is 0.175 e. The average molecular weight is 365 g/mol. The number of halogens is 1. The molecule has 24 heavy (non-hydrogen) atoms. The Kier molecular flexibility index (Phi) is 4.15. The van der Waals surface area contributed by atoms with E-state index in [1.54, 1.807) is 43.3 Å². The largest absolute Gasteiger partial charge is 0.368 e. The van der Waals surface area contributed by atoms with Crippen molar-refractivity contribution in [2.75, 3.05) is 17.7 Å². The van der Waals surface area contributed by atoms with Crippen molar-refractivity contribution in [1.29, 1.82) is 0 Å². The highest BCUT2D eigenvalue weighted by Crippen LogP contribution is 2.29. The lowest BCUT2D eigenvalue weighted by atomic mass is 10.2. The van der Waals surface area contributed by atoms with E-state index in [9.17, 15) is 13.5 Å². The van der Waals surface area contributed by atoms with Gasteiger partial charge in [0.15, 0.2) is 15.6 Å². The topological polar surface area (TPSA) is 70.0 Å². The van der Waals surface area contributed by atoms with Gasteiger partial charge in [0.05, 0.1) is 11.4 Å². The van der Waals surface area contributed by atoms with Gasteiger partial charge in [-0.2, -0.15) is 0 Å². The van der Waals surface area contributed by atoms with Crippen molar-refractivity contribution in [3.05, 3.63) is 59.1 Å². The van der Waals surface area contributed by atoms with Crippen molar-refractivity contribution in [2.24, 2.45) is 4.99 Å². The Bertz CT molecular complexity index is 888. The molecule has 0 saturated carbocycles. The smallest absolute Gasteiger partial charge is 0.175 e. The van der Waals surface area contributed by atoms with Gasteiger partial charge in [0.25, 0.3) is 0 Å². The van der Waals surface area contributed by atoms with Gasteiger partial charge in [0.1, 0.15) is 5.84 Å². The summed E-state index contributed by atoms with van der Waals surface area (Å²) in [6.45, 7) is 1.94. The Morgan fingerprint density at radius 1 is 1.12 bits per heavy atom. The van der Waals surface area contributed by atoms with Crippen molar-refractivity contribution >= 4 is 33.0 Å². The van der Waals surface area contributed by atoms with Crippen LogP contribution in [0.15, 0.2) is 58.4 Å². The third-order valence-electron chi connectivity index (χ3n) is 3.74. The van der Waals surface area contributed by atoms with E-state index in [-0.39, 0.29) is 4.90 Å². The second kappa shape index (κ2) is 5.88. The van der Waals surface area contributed by atoms with E-state index in [0.29, 0.717) is 17.4 Å². The van der Waals surface area contributed by atoms with Gasteiger partial charge in [0, 0.05) is 22.5 Å². The highest BCUT2D eigenvalue weighted by molar-refractivity contribution is 7.90. The Balaban J connectivity index is 2.01. The molecule has 0 aromatic heterocycles. The summed E-state index contributed by atoms with van der Waals surface area (Å²) in [4.78, 5) is 6.50. The van der Waals surface area contributed by atoms with E-state index in [1.165, 1.54) is 6.26 Å². The summed E-state index contributed by atoms with van der Waals surface area (Å²) >= 11 is 5.93. The van der Waals surface area contributed by atoms with Gasteiger partial charge < -0.3 is 10.0 Å². The first-order valence-corrected chi connectivity index (χ1v) is 9.58. The first-order chi connectivity index (χ1) is 11.2. The quantitative estimate of drug-likeness (QED) is 0.909. The zero-order valence-electron chi connectivity index (χ0n) is 13.3. The van der Waals surface area contributed by atoms with Crippen LogP contribution in [0.25, 0.3) is 0 Å². The highest BCUT2D eigenvalue weighted by Gasteiger charge is 2.34. The van der Waals surface area contributed by atoms with Crippen LogP contribution in [-0.4, -0.2) is 37.9 Å². The van der Waals surface area contributed by atoms with Gasteiger partial charge in [-0.15, -0.1) is 0 Å². The van der Waals surface area contributed by atoms with Crippen LogP contribution >= 0.6 is 11.6 Å². The molecule has 0 saturated heterocycles. The maximum atomic E-state index is 11.6. The summed E-state index contributed by atoms with van der Waals surface area (Å²) in [6.07, 6.45) is 1.17. The number of amidine groups is 1. The molecule has 0 spiro atoms. The normalized spacial score (nSPS) is 21.0. The second-order valence-corrected chi connectivity index (χ2v) is 8.46. The molecule has 0 amide bonds. The summed E-state index contributed by atoms with van der Waals surface area (Å²) in [5, 5.41) is 11.0. The van der Waals surface area contributed by atoms with E-state index >= 15 is 0 Å². The highest BCUT2D eigenvalue weighted by atomic mass is 35.5. The number of aliphatic imine (C=N–C) groups is 1. The molecule has 1 heterocycles. The van der Waals surface area contributed by atoms with Crippen molar-refractivity contribution in [1.82, 2.24) is 0 Å². The summed E-state index contributed by atoms with van der Waals surface area (Å²) in [5.74, 6) is 0.586. The molecule has 0 bridgehead atoms. The zero-order chi connectivity index (χ0) is 17.5. The van der Waals surface area contributed by atoms with E-state index in [1.807, 2.05) is 17.0 Å². The van der Waals surface area contributed by atoms with Crippen LogP contribution in [0.4, 0.5) is 5.69 Å². The average Bonchev–Trinajstić information content (AvgIpc) is 2.83. The molecule has 2 aromatic carbocycles. The summed E-state index contributed by atoms with van der Waals surface area (Å²) in [7, 11) is -3.25. The minimum atomic E-state index is -3.25. The number of β-amino-alcohol motifs (C(OH)–C–C–N with tert-alkyl or cyclic N) is 1. The third-order valence-corrected chi connectivity index (χ3v) is 5.12. The van der Waals surface area contributed by atoms with E-state index in [2.05, 4.69) is 4.99 Å². The molecule has 7 heteroatoms. The van der Waals surface area contributed by atoms with Gasteiger partial charge in [-0.3, -0.25) is 0 Å². The van der Waals surface area contributed by atoms with Gasteiger partial charge in [-0.1, -0.05) is 11.6 Å². The lowest BCUT2D eigenvalue weighted by Crippen LogP contribution is -2.34. The number of nitrogens with zero attached hydrogens (tertiary/aromatic N) is 2. The number of aliphatic hydroxyl groups is 1. The standard InChI is InChI=1S/C17H17ClN2O3S/c1-17(21)11-20(14-7-5-13(18)6-8-14)16(19-17)12-3-9-15(10-4-12)24(2,22)23/h3-10,21H,11H2,1-2H3. The molecule has 1 aliphatic rings. The van der Waals surface area contributed by atoms with Gasteiger partial charge in [-0.05, 0) is 55.5 Å². The van der Waals surface area contributed by atoms with Crippen LogP contribution in [-0.2, 0) is 9.84 Å². The minimum Gasteiger partial charge on any atom is -0.368 e. The molecular weight excluding hydrogens is 348 g/mol. The molecule has 1 aliphatic heterocycles. The van der Waals surface area contributed by atoms with Gasteiger partial charge in [-0.25, -0.2) is 13.4 Å². The molecule has 1 N–H and O–H groups in total. The zero-order valence-corrected chi connectivity index (χ0v) is 14.8. The van der Waals surface area contributed by atoms with Crippen LogP contribution in [0.1, 0.15) is 12.5 Å². The van der Waals surface area contributed by atoms with E-state index in [4.69, 9.17) is 11.6 Å². The van der Waals surface area contributed by atoms with Crippen molar-refractivity contribution in [2.45, 2.75) is 17.5 Å². The van der Waals surface area contributed by atoms with Crippen LogP contribution in [0, 0.1) is 0 Å². The molecule has 5 nitrogen and oxygen atoms in total. The molecule has 0 radical (unpaired) electrons. The lowest BCUT2D eigenvalue weighted by Gasteiger charge is -2.22. The van der Waals surface area contributed by atoms with Crippen molar-refractivity contribution < 1.29 is 13.5 Å². The second-order valence-electron chi connectivity index (χ2n) is 6.01. The third kappa shape index (κ3) is 3.45. The predicted octanol–water partition coefficient (Wildman–Crippen LogP) is 2.72. The molecule has 2 aromatic rings. The van der Waals surface area contributed by atoms with Gasteiger partial charge in [0.2, 0.25) is 0 Å². The number of hydrogen-bond acceptors (Lipinski definition) is 5. The Hall–Kier alpha value is -1.89. The maximum absolute atomic E-state index is 11.6. The van der Waals surface area contributed by atoms with Crippen LogP contribution in [0.3, 0.4) is 0 Å². The summed E-state index contributed by atoms with van der Waals surface area (Å²) in [6, 6.07) is 13.7. The monoisotopic (exact) mass is 364 g/mol. The Morgan fingerprint density at radius 3 is 2.25 bits per heavy atom. The fourth-order valence-corrected chi connectivity index (χ4v) is 3.36. The molecule has 1 unspecified atom stereocenters. The molecule has 3 rings (SSSR count). The van der Waals surface area contributed by atoms with E-state index < -0.39 is 15.6 Å². The Labute approximate surface area is 146 Å². The van der Waals surface area contributed by atoms with Crippen LogP contribution < -0.4 is 4.90 Å². The molecular formula is C17H17ClN2O3S. The first-order valence-electron chi connectivity index (χ1n) is 7.32. The van der Waals surface area contributed by atoms with Crippen molar-refractivity contribution in [3.63, 3.8) is 0 Å². The molecule has 0 aliphatic carbocycles. The van der Waals surface area contributed by atoms with Crippen LogP contribution in [0.5, 0.6) is 0 Å². The number of benzene rings is 2. The summed E-state index contributed by atoms with van der Waals surface area (Å²) < 4.78 is 23.2. The number of hydrogen-bond donors (Lipinski definition) is 1. The first kappa shape index (κ1) is 17.0. The Morgan fingerprint density at radius 2 is 1.71 bits per heavy atom. The lowest BCUT2D eigenvalue weighted by molar-refractivity contribution is 0.0879. The minimum absolute atomic E-state index is 0.245.